The van der Waals surface area contributed by atoms with Crippen molar-refractivity contribution in [1.82, 2.24) is 0 Å². The van der Waals surface area contributed by atoms with Crippen LogP contribution in [0.3, 0.4) is 0 Å². The van der Waals surface area contributed by atoms with Gasteiger partial charge in [-0.05, 0) is 36.5 Å². The topological polar surface area (TPSA) is 12.0 Å². The Labute approximate surface area is 111 Å². The summed E-state index contributed by atoms with van der Waals surface area (Å²) in [5.74, 6) is 0.619. The smallest absolute Gasteiger partial charge is 0.0345 e. The Kier molecular flexibility index (Phi) is 5.84. The first-order valence-corrected chi connectivity index (χ1v) is 6.62. The van der Waals surface area contributed by atoms with Crippen molar-refractivity contribution in [3.05, 3.63) is 29.8 Å². The van der Waals surface area contributed by atoms with E-state index in [2.05, 4.69) is 43.4 Å². The van der Waals surface area contributed by atoms with Gasteiger partial charge in [-0.25, -0.2) is 0 Å². The largest absolute Gasteiger partial charge is 0.382 e. The van der Waals surface area contributed by atoms with Gasteiger partial charge in [-0.2, -0.15) is 0 Å². The van der Waals surface area contributed by atoms with Crippen LogP contribution in [0.25, 0.3) is 0 Å². The van der Waals surface area contributed by atoms with Crippen LogP contribution in [0.4, 0.5) is 5.69 Å². The second kappa shape index (κ2) is 6.90. The second-order valence-corrected chi connectivity index (χ2v) is 5.26. The molecule has 0 heterocycles. The molecule has 1 aromatic rings. The fourth-order valence-electron chi connectivity index (χ4n) is 2.47. The minimum atomic E-state index is 0. The molecule has 0 amide bonds. The number of anilines is 1. The minimum Gasteiger partial charge on any atom is -0.382 e. The molecule has 0 aliphatic heterocycles. The van der Waals surface area contributed by atoms with E-state index >= 15 is 0 Å². The van der Waals surface area contributed by atoms with Crippen molar-refractivity contribution in [2.75, 3.05) is 5.32 Å². The molecular formula is C15H24ClN. The highest BCUT2D eigenvalue weighted by molar-refractivity contribution is 5.85. The SMILES string of the molecule is CC(C)c1cccc(NC2CCCCC2)c1.Cl. The summed E-state index contributed by atoms with van der Waals surface area (Å²) < 4.78 is 0. The second-order valence-electron chi connectivity index (χ2n) is 5.26. The van der Waals surface area contributed by atoms with Gasteiger partial charge in [-0.1, -0.05) is 45.2 Å². The van der Waals surface area contributed by atoms with Gasteiger partial charge >= 0.3 is 0 Å². The monoisotopic (exact) mass is 253 g/mol. The summed E-state index contributed by atoms with van der Waals surface area (Å²) >= 11 is 0. The molecule has 0 aromatic heterocycles. The van der Waals surface area contributed by atoms with Crippen LogP contribution in [0.5, 0.6) is 0 Å². The highest BCUT2D eigenvalue weighted by Crippen LogP contribution is 2.23. The van der Waals surface area contributed by atoms with Gasteiger partial charge in [0.1, 0.15) is 0 Å². The van der Waals surface area contributed by atoms with Crippen molar-refractivity contribution in [3.63, 3.8) is 0 Å². The third-order valence-corrected chi connectivity index (χ3v) is 3.53. The van der Waals surface area contributed by atoms with E-state index in [1.54, 1.807) is 0 Å². The molecule has 0 spiro atoms. The molecular weight excluding hydrogens is 230 g/mol. The summed E-state index contributed by atoms with van der Waals surface area (Å²) in [4.78, 5) is 0. The number of benzene rings is 1. The van der Waals surface area contributed by atoms with Crippen molar-refractivity contribution in [1.29, 1.82) is 0 Å². The molecule has 1 aliphatic carbocycles. The first kappa shape index (κ1) is 14.4. The normalized spacial score (nSPS) is 16.6. The molecule has 0 atom stereocenters. The fourth-order valence-corrected chi connectivity index (χ4v) is 2.47. The summed E-state index contributed by atoms with van der Waals surface area (Å²) in [6, 6.07) is 9.59. The molecule has 2 rings (SSSR count). The van der Waals surface area contributed by atoms with Crippen molar-refractivity contribution >= 4 is 18.1 Å². The summed E-state index contributed by atoms with van der Waals surface area (Å²) in [6.07, 6.45) is 6.88. The van der Waals surface area contributed by atoms with Crippen LogP contribution in [0, 0.1) is 0 Å². The lowest BCUT2D eigenvalue weighted by atomic mass is 9.95. The van der Waals surface area contributed by atoms with Gasteiger partial charge in [0.2, 0.25) is 0 Å². The Morgan fingerprint density at radius 3 is 2.47 bits per heavy atom. The lowest BCUT2D eigenvalue weighted by Gasteiger charge is -2.24. The molecule has 0 radical (unpaired) electrons. The number of halogens is 1. The van der Waals surface area contributed by atoms with Crippen LogP contribution in [0.1, 0.15) is 57.4 Å². The summed E-state index contributed by atoms with van der Waals surface area (Å²) in [6.45, 7) is 4.50. The maximum Gasteiger partial charge on any atom is 0.0345 e. The molecule has 1 nitrogen and oxygen atoms in total. The fraction of sp³-hybridized carbons (Fsp3) is 0.600. The Hall–Kier alpha value is -0.690. The van der Waals surface area contributed by atoms with E-state index in [9.17, 15) is 0 Å². The number of rotatable bonds is 3. The van der Waals surface area contributed by atoms with E-state index in [1.165, 1.54) is 43.4 Å². The molecule has 1 fully saturated rings. The first-order chi connectivity index (χ1) is 7.75. The average Bonchev–Trinajstić information content (AvgIpc) is 2.30. The third kappa shape index (κ3) is 4.23. The highest BCUT2D eigenvalue weighted by Gasteiger charge is 2.12. The lowest BCUT2D eigenvalue weighted by Crippen LogP contribution is -2.22. The van der Waals surface area contributed by atoms with Crippen LogP contribution in [-0.4, -0.2) is 6.04 Å². The maximum atomic E-state index is 3.68. The number of nitrogens with one attached hydrogen (secondary N) is 1. The Balaban J connectivity index is 0.00000144. The van der Waals surface area contributed by atoms with Crippen LogP contribution < -0.4 is 5.32 Å². The Bertz CT molecular complexity index is 329. The van der Waals surface area contributed by atoms with E-state index in [0.29, 0.717) is 12.0 Å². The van der Waals surface area contributed by atoms with Crippen LogP contribution in [0.2, 0.25) is 0 Å². The van der Waals surface area contributed by atoms with Gasteiger partial charge in [0, 0.05) is 11.7 Å². The van der Waals surface area contributed by atoms with Gasteiger partial charge in [-0.3, -0.25) is 0 Å². The molecule has 1 aromatic carbocycles. The van der Waals surface area contributed by atoms with Crippen molar-refractivity contribution in [2.24, 2.45) is 0 Å². The minimum absolute atomic E-state index is 0. The van der Waals surface area contributed by atoms with Gasteiger partial charge in [-0.15, -0.1) is 12.4 Å². The van der Waals surface area contributed by atoms with Gasteiger partial charge in [0.25, 0.3) is 0 Å². The van der Waals surface area contributed by atoms with Crippen LogP contribution >= 0.6 is 12.4 Å². The van der Waals surface area contributed by atoms with E-state index < -0.39 is 0 Å². The predicted molar refractivity (Wildman–Crippen MR) is 78.3 cm³/mol. The maximum absolute atomic E-state index is 3.68. The molecule has 0 unspecified atom stereocenters. The third-order valence-electron chi connectivity index (χ3n) is 3.53. The van der Waals surface area contributed by atoms with E-state index in [-0.39, 0.29) is 12.4 Å². The molecule has 1 saturated carbocycles. The molecule has 96 valence electrons. The van der Waals surface area contributed by atoms with Gasteiger partial charge in [0.15, 0.2) is 0 Å². The number of hydrogen-bond acceptors (Lipinski definition) is 1. The molecule has 2 heteroatoms. The summed E-state index contributed by atoms with van der Waals surface area (Å²) in [7, 11) is 0. The zero-order valence-corrected chi connectivity index (χ0v) is 11.7. The molecule has 0 bridgehead atoms. The zero-order valence-electron chi connectivity index (χ0n) is 10.9. The number of hydrogen-bond donors (Lipinski definition) is 1. The standard InChI is InChI=1S/C15H23N.ClH/c1-12(2)13-7-6-10-15(11-13)16-14-8-4-3-5-9-14;/h6-7,10-12,14,16H,3-5,8-9H2,1-2H3;1H. The highest BCUT2D eigenvalue weighted by atomic mass is 35.5. The van der Waals surface area contributed by atoms with Gasteiger partial charge < -0.3 is 5.32 Å². The van der Waals surface area contributed by atoms with Crippen LogP contribution in [-0.2, 0) is 0 Å². The van der Waals surface area contributed by atoms with E-state index in [0.717, 1.165) is 0 Å². The first-order valence-electron chi connectivity index (χ1n) is 6.62. The summed E-state index contributed by atoms with van der Waals surface area (Å²) in [5.41, 5.74) is 2.74. The molecule has 1 N–H and O–H groups in total. The van der Waals surface area contributed by atoms with Crippen molar-refractivity contribution in [3.8, 4) is 0 Å². The van der Waals surface area contributed by atoms with Crippen molar-refractivity contribution in [2.45, 2.75) is 57.9 Å². The average molecular weight is 254 g/mol. The quantitative estimate of drug-likeness (QED) is 0.801. The molecule has 17 heavy (non-hydrogen) atoms. The van der Waals surface area contributed by atoms with Crippen molar-refractivity contribution < 1.29 is 0 Å². The zero-order chi connectivity index (χ0) is 11.4. The van der Waals surface area contributed by atoms with E-state index in [1.807, 2.05) is 0 Å². The summed E-state index contributed by atoms with van der Waals surface area (Å²) in [5, 5.41) is 3.68. The lowest BCUT2D eigenvalue weighted by molar-refractivity contribution is 0.462. The van der Waals surface area contributed by atoms with Gasteiger partial charge in [0.05, 0.1) is 0 Å². The molecule has 1 aliphatic rings. The predicted octanol–water partition coefficient (Wildman–Crippen LogP) is 4.98. The Morgan fingerprint density at radius 1 is 1.12 bits per heavy atom. The van der Waals surface area contributed by atoms with Crippen LogP contribution in [0.15, 0.2) is 24.3 Å². The van der Waals surface area contributed by atoms with E-state index in [4.69, 9.17) is 0 Å². The Morgan fingerprint density at radius 2 is 1.82 bits per heavy atom. The molecule has 0 saturated heterocycles.